The molecule has 1 amide bonds. The van der Waals surface area contributed by atoms with Gasteiger partial charge in [0.15, 0.2) is 0 Å². The fourth-order valence-corrected chi connectivity index (χ4v) is 0.795. The largest absolute Gasteiger partial charge is 0.369 e. The van der Waals surface area contributed by atoms with Crippen LogP contribution in [0.25, 0.3) is 0 Å². The van der Waals surface area contributed by atoms with Gasteiger partial charge in [0.25, 0.3) is 0 Å². The van der Waals surface area contributed by atoms with Gasteiger partial charge in [-0.2, -0.15) is 0 Å². The summed E-state index contributed by atoms with van der Waals surface area (Å²) in [6, 6.07) is 0. The molecule has 2 nitrogen and oxygen atoms in total. The van der Waals surface area contributed by atoms with Gasteiger partial charge in [0.2, 0.25) is 5.91 Å². The van der Waals surface area contributed by atoms with Crippen LogP contribution in [0.2, 0.25) is 0 Å². The van der Waals surface area contributed by atoms with Crippen molar-refractivity contribution in [3.63, 3.8) is 0 Å². The summed E-state index contributed by atoms with van der Waals surface area (Å²) in [5.41, 5.74) is 6.04. The number of rotatable bonds is 5. The molecule has 0 saturated heterocycles. The summed E-state index contributed by atoms with van der Waals surface area (Å²) in [7, 11) is 0. The molecule has 11 heavy (non-hydrogen) atoms. The molecule has 0 bridgehead atoms. The summed E-state index contributed by atoms with van der Waals surface area (Å²) in [4.78, 5) is 10.4. The zero-order valence-corrected chi connectivity index (χ0v) is 6.97. The molecule has 0 fully saturated rings. The highest BCUT2D eigenvalue weighted by molar-refractivity contribution is 5.76. The van der Waals surface area contributed by atoms with Crippen molar-refractivity contribution in [3.8, 4) is 0 Å². The van der Waals surface area contributed by atoms with Crippen LogP contribution in [0.5, 0.6) is 0 Å². The Kier molecular flexibility index (Phi) is 5.17. The summed E-state index contributed by atoms with van der Waals surface area (Å²) in [6.07, 6.45) is 6.15. The van der Waals surface area contributed by atoms with Gasteiger partial charge in [-0.15, -0.1) is 6.58 Å². The molecule has 0 atom stereocenters. The number of hydrogen-bond donors (Lipinski definition) is 1. The van der Waals surface area contributed by atoms with Crippen LogP contribution >= 0.6 is 0 Å². The maximum Gasteiger partial charge on any atom is 0.221 e. The van der Waals surface area contributed by atoms with Crippen molar-refractivity contribution < 1.29 is 4.79 Å². The van der Waals surface area contributed by atoms with E-state index in [1.54, 1.807) is 0 Å². The fourth-order valence-electron chi connectivity index (χ4n) is 0.795. The van der Waals surface area contributed by atoms with Crippen molar-refractivity contribution >= 4 is 5.91 Å². The number of carbonyl (C=O) groups excluding carboxylic acids is 1. The average Bonchev–Trinajstić information content (AvgIpc) is 1.86. The van der Waals surface area contributed by atoms with Gasteiger partial charge in [-0.3, -0.25) is 4.79 Å². The molecule has 0 radical (unpaired) electrons. The van der Waals surface area contributed by atoms with Crippen LogP contribution in [-0.2, 0) is 4.79 Å². The molecule has 0 spiro atoms. The summed E-state index contributed by atoms with van der Waals surface area (Å²) in [6.45, 7) is 5.51. The van der Waals surface area contributed by atoms with Crippen LogP contribution in [0.3, 0.4) is 0 Å². The maximum atomic E-state index is 10.4. The molecular weight excluding hydrogens is 138 g/mol. The van der Waals surface area contributed by atoms with Gasteiger partial charge in [0, 0.05) is 6.42 Å². The first kappa shape index (κ1) is 9.95. The SMILES string of the molecule is C=CCC/C=C(\C)CC(N)=O. The summed E-state index contributed by atoms with van der Waals surface area (Å²) in [5, 5.41) is 0. The Morgan fingerprint density at radius 3 is 2.64 bits per heavy atom. The minimum atomic E-state index is -0.266. The zero-order valence-electron chi connectivity index (χ0n) is 6.97. The molecule has 62 valence electrons. The van der Waals surface area contributed by atoms with Crippen LogP contribution in [0.15, 0.2) is 24.3 Å². The number of allylic oxidation sites excluding steroid dienone is 2. The van der Waals surface area contributed by atoms with Gasteiger partial charge < -0.3 is 5.73 Å². The van der Waals surface area contributed by atoms with Crippen molar-refractivity contribution in [1.29, 1.82) is 0 Å². The van der Waals surface area contributed by atoms with E-state index < -0.39 is 0 Å². The van der Waals surface area contributed by atoms with Crippen LogP contribution in [-0.4, -0.2) is 5.91 Å². The van der Waals surface area contributed by atoms with Crippen molar-refractivity contribution in [2.45, 2.75) is 26.2 Å². The fraction of sp³-hybridized carbons (Fsp3) is 0.444. The van der Waals surface area contributed by atoms with Crippen LogP contribution in [0.1, 0.15) is 26.2 Å². The van der Waals surface area contributed by atoms with E-state index in [0.29, 0.717) is 6.42 Å². The molecule has 2 heteroatoms. The molecular formula is C9H15NO. The van der Waals surface area contributed by atoms with Gasteiger partial charge in [-0.05, 0) is 19.8 Å². The third kappa shape index (κ3) is 6.84. The first-order chi connectivity index (χ1) is 5.16. The Balaban J connectivity index is 3.62. The standard InChI is InChI=1S/C9H15NO/c1-3-4-5-6-8(2)7-9(10)11/h3,6H,1,4-5,7H2,2H3,(H2,10,11)/b8-6+. The molecule has 0 saturated carbocycles. The van der Waals surface area contributed by atoms with Gasteiger partial charge in [-0.1, -0.05) is 17.7 Å². The summed E-state index contributed by atoms with van der Waals surface area (Å²) >= 11 is 0. The Morgan fingerprint density at radius 1 is 1.55 bits per heavy atom. The molecule has 0 aromatic carbocycles. The number of unbranched alkanes of at least 4 members (excludes halogenated alkanes) is 1. The number of amides is 1. The number of carbonyl (C=O) groups is 1. The Labute approximate surface area is 67.8 Å². The van der Waals surface area contributed by atoms with E-state index in [4.69, 9.17) is 5.73 Å². The van der Waals surface area contributed by atoms with Crippen LogP contribution < -0.4 is 5.73 Å². The quantitative estimate of drug-likeness (QED) is 0.474. The molecule has 0 aliphatic rings. The van der Waals surface area contributed by atoms with Crippen molar-refractivity contribution in [1.82, 2.24) is 0 Å². The van der Waals surface area contributed by atoms with Gasteiger partial charge >= 0.3 is 0 Å². The molecule has 2 N–H and O–H groups in total. The van der Waals surface area contributed by atoms with Gasteiger partial charge in [-0.25, -0.2) is 0 Å². The highest BCUT2D eigenvalue weighted by Crippen LogP contribution is 2.02. The Bertz CT molecular complexity index is 170. The van der Waals surface area contributed by atoms with E-state index in [1.165, 1.54) is 0 Å². The normalized spacial score (nSPS) is 11.2. The molecule has 0 aromatic heterocycles. The van der Waals surface area contributed by atoms with E-state index in [0.717, 1.165) is 18.4 Å². The van der Waals surface area contributed by atoms with Crippen molar-refractivity contribution in [3.05, 3.63) is 24.3 Å². The van der Waals surface area contributed by atoms with Crippen LogP contribution in [0.4, 0.5) is 0 Å². The lowest BCUT2D eigenvalue weighted by atomic mass is 10.1. The highest BCUT2D eigenvalue weighted by atomic mass is 16.1. The van der Waals surface area contributed by atoms with Crippen molar-refractivity contribution in [2.75, 3.05) is 0 Å². The number of hydrogen-bond acceptors (Lipinski definition) is 1. The van der Waals surface area contributed by atoms with E-state index in [-0.39, 0.29) is 5.91 Å². The van der Waals surface area contributed by atoms with Crippen molar-refractivity contribution in [2.24, 2.45) is 5.73 Å². The second-order valence-corrected chi connectivity index (χ2v) is 2.56. The number of primary amides is 1. The van der Waals surface area contributed by atoms with Gasteiger partial charge in [0.05, 0.1) is 0 Å². The second-order valence-electron chi connectivity index (χ2n) is 2.56. The highest BCUT2D eigenvalue weighted by Gasteiger charge is 1.93. The van der Waals surface area contributed by atoms with E-state index in [9.17, 15) is 4.79 Å². The molecule has 0 heterocycles. The third-order valence-electron chi connectivity index (χ3n) is 1.32. The minimum absolute atomic E-state index is 0.266. The van der Waals surface area contributed by atoms with E-state index in [2.05, 4.69) is 6.58 Å². The summed E-state index contributed by atoms with van der Waals surface area (Å²) < 4.78 is 0. The molecule has 0 aromatic rings. The molecule has 0 aliphatic heterocycles. The average molecular weight is 153 g/mol. The van der Waals surface area contributed by atoms with E-state index >= 15 is 0 Å². The zero-order chi connectivity index (χ0) is 8.69. The molecule has 0 rings (SSSR count). The van der Waals surface area contributed by atoms with Gasteiger partial charge in [0.1, 0.15) is 0 Å². The predicted octanol–water partition coefficient (Wildman–Crippen LogP) is 1.77. The monoisotopic (exact) mass is 153 g/mol. The maximum absolute atomic E-state index is 10.4. The number of nitrogens with two attached hydrogens (primary N) is 1. The molecule has 0 unspecified atom stereocenters. The molecule has 0 aliphatic carbocycles. The third-order valence-corrected chi connectivity index (χ3v) is 1.32. The van der Waals surface area contributed by atoms with Crippen LogP contribution in [0, 0.1) is 0 Å². The Hall–Kier alpha value is -1.05. The van der Waals surface area contributed by atoms with E-state index in [1.807, 2.05) is 19.1 Å². The predicted molar refractivity (Wildman–Crippen MR) is 47.0 cm³/mol. The lowest BCUT2D eigenvalue weighted by Crippen LogP contribution is -2.10. The lowest BCUT2D eigenvalue weighted by Gasteiger charge is -1.95. The first-order valence-corrected chi connectivity index (χ1v) is 3.71. The topological polar surface area (TPSA) is 43.1 Å². The minimum Gasteiger partial charge on any atom is -0.369 e. The summed E-state index contributed by atoms with van der Waals surface area (Å²) in [5.74, 6) is -0.266. The smallest absolute Gasteiger partial charge is 0.221 e. The Morgan fingerprint density at radius 2 is 2.18 bits per heavy atom. The lowest BCUT2D eigenvalue weighted by molar-refractivity contribution is -0.117. The first-order valence-electron chi connectivity index (χ1n) is 3.71. The second kappa shape index (κ2) is 5.71.